The van der Waals surface area contributed by atoms with Crippen LogP contribution in [0.15, 0.2) is 65.6 Å². The average Bonchev–Trinajstić information content (AvgIpc) is 3.48. The van der Waals surface area contributed by atoms with Gasteiger partial charge in [-0.25, -0.2) is 0 Å². The molecular formula is C29H26N2O4S. The second-order valence-corrected chi connectivity index (χ2v) is 10.8. The molecule has 2 aliphatic heterocycles. The normalized spacial score (nSPS) is 22.0. The van der Waals surface area contributed by atoms with E-state index in [1.807, 2.05) is 55.5 Å². The Hall–Kier alpha value is -3.60. The van der Waals surface area contributed by atoms with Crippen LogP contribution in [0.25, 0.3) is 16.5 Å². The summed E-state index contributed by atoms with van der Waals surface area (Å²) in [4.78, 5) is 1.14. The number of benzene rings is 3. The van der Waals surface area contributed by atoms with Crippen LogP contribution in [0.4, 0.5) is 0 Å². The highest BCUT2D eigenvalue weighted by molar-refractivity contribution is 7.99. The molecule has 3 heterocycles. The molecule has 36 heavy (non-hydrogen) atoms. The lowest BCUT2D eigenvalue weighted by atomic mass is 9.78. The van der Waals surface area contributed by atoms with Gasteiger partial charge in [0.2, 0.25) is 11.8 Å². The first-order valence-corrected chi connectivity index (χ1v) is 13.0. The molecule has 0 spiro atoms. The van der Waals surface area contributed by atoms with Crippen molar-refractivity contribution in [1.29, 1.82) is 5.26 Å². The summed E-state index contributed by atoms with van der Waals surface area (Å²) in [5, 5.41) is 34.2. The van der Waals surface area contributed by atoms with Gasteiger partial charge in [-0.05, 0) is 62.6 Å². The quantitative estimate of drug-likeness (QED) is 0.302. The SMILES string of the molecule is COc1ccc(SCC[C@]23CC[C@](C)(O2)c2c3c(O)n(-c3ccc(C#N)c4ccccc34)c2O)cc1. The van der Waals surface area contributed by atoms with E-state index in [0.29, 0.717) is 28.8 Å². The summed E-state index contributed by atoms with van der Waals surface area (Å²) in [5.41, 5.74) is 1.25. The minimum atomic E-state index is -0.657. The van der Waals surface area contributed by atoms with E-state index in [9.17, 15) is 15.5 Å². The molecule has 6 nitrogen and oxygen atoms in total. The Bertz CT molecular complexity index is 1540. The predicted octanol–water partition coefficient (Wildman–Crippen LogP) is 6.34. The van der Waals surface area contributed by atoms with E-state index in [1.165, 1.54) is 4.57 Å². The van der Waals surface area contributed by atoms with Crippen molar-refractivity contribution in [3.05, 3.63) is 77.4 Å². The van der Waals surface area contributed by atoms with E-state index >= 15 is 0 Å². The zero-order valence-electron chi connectivity index (χ0n) is 20.1. The average molecular weight is 499 g/mol. The minimum Gasteiger partial charge on any atom is -0.497 e. The van der Waals surface area contributed by atoms with Crippen molar-refractivity contribution in [1.82, 2.24) is 4.57 Å². The van der Waals surface area contributed by atoms with Gasteiger partial charge < -0.3 is 19.7 Å². The van der Waals surface area contributed by atoms with Crippen molar-refractivity contribution in [3.8, 4) is 29.3 Å². The van der Waals surface area contributed by atoms with Crippen molar-refractivity contribution >= 4 is 22.5 Å². The standard InChI is InChI=1S/C29H26N2O4S/c1-28-13-14-29(35-28,15-16-36-20-10-8-19(34-2)9-11-20)25-24(28)26(32)31(27(25)33)23-12-7-18(17-30)21-5-3-4-6-22(21)23/h3-12,32-33H,13-16H2,1-2H3/t28-,29-/m0/s1. The van der Waals surface area contributed by atoms with E-state index in [-0.39, 0.29) is 11.8 Å². The van der Waals surface area contributed by atoms with Gasteiger partial charge in [0.15, 0.2) is 0 Å². The fourth-order valence-corrected chi connectivity index (χ4v) is 6.91. The Morgan fingerprint density at radius 3 is 2.44 bits per heavy atom. The highest BCUT2D eigenvalue weighted by Crippen LogP contribution is 2.65. The summed E-state index contributed by atoms with van der Waals surface area (Å²) < 4.78 is 13.4. The van der Waals surface area contributed by atoms with Crippen LogP contribution >= 0.6 is 11.8 Å². The van der Waals surface area contributed by atoms with Crippen LogP contribution in [0.3, 0.4) is 0 Å². The van der Waals surface area contributed by atoms with Gasteiger partial charge in [-0.1, -0.05) is 24.3 Å². The Balaban J connectivity index is 1.40. The van der Waals surface area contributed by atoms with E-state index in [2.05, 4.69) is 6.07 Å². The number of fused-ring (bicyclic) bond motifs is 6. The molecule has 0 aliphatic carbocycles. The lowest BCUT2D eigenvalue weighted by molar-refractivity contribution is -0.0803. The van der Waals surface area contributed by atoms with Gasteiger partial charge in [0.05, 0.1) is 41.2 Å². The van der Waals surface area contributed by atoms with E-state index < -0.39 is 11.2 Å². The molecule has 1 saturated heterocycles. The van der Waals surface area contributed by atoms with Gasteiger partial charge in [-0.15, -0.1) is 11.8 Å². The molecule has 2 N–H and O–H groups in total. The third kappa shape index (κ3) is 3.22. The third-order valence-electron chi connectivity index (χ3n) is 7.63. The second kappa shape index (κ2) is 8.22. The second-order valence-electron chi connectivity index (χ2n) is 9.62. The highest BCUT2D eigenvalue weighted by Gasteiger charge is 2.61. The Kier molecular flexibility index (Phi) is 5.22. The summed E-state index contributed by atoms with van der Waals surface area (Å²) in [6.45, 7) is 2.00. The summed E-state index contributed by atoms with van der Waals surface area (Å²) in [7, 11) is 1.65. The van der Waals surface area contributed by atoms with Crippen molar-refractivity contribution in [2.75, 3.05) is 12.9 Å². The molecule has 0 unspecified atom stereocenters. The first-order valence-electron chi connectivity index (χ1n) is 12.0. The molecule has 2 atom stereocenters. The predicted molar refractivity (Wildman–Crippen MR) is 139 cm³/mol. The lowest BCUT2D eigenvalue weighted by Gasteiger charge is -2.26. The maximum Gasteiger partial charge on any atom is 0.205 e. The van der Waals surface area contributed by atoms with E-state index in [4.69, 9.17) is 9.47 Å². The van der Waals surface area contributed by atoms with Crippen LogP contribution in [-0.2, 0) is 15.9 Å². The van der Waals surface area contributed by atoms with Gasteiger partial charge in [-0.2, -0.15) is 5.26 Å². The lowest BCUT2D eigenvalue weighted by Crippen LogP contribution is -2.23. The zero-order chi connectivity index (χ0) is 25.1. The number of hydrogen-bond acceptors (Lipinski definition) is 6. The molecule has 0 radical (unpaired) electrons. The molecule has 0 saturated carbocycles. The van der Waals surface area contributed by atoms with E-state index in [1.54, 1.807) is 31.0 Å². The molecule has 0 amide bonds. The minimum absolute atomic E-state index is 0.00393. The molecule has 1 aromatic heterocycles. The number of thioether (sulfide) groups is 1. The Labute approximate surface area is 213 Å². The molecule has 182 valence electrons. The molecule has 4 aromatic rings. The molecule has 6 rings (SSSR count). The Morgan fingerprint density at radius 1 is 1.00 bits per heavy atom. The largest absolute Gasteiger partial charge is 0.497 e. The number of hydrogen-bond donors (Lipinski definition) is 2. The molecule has 2 aliphatic rings. The smallest absolute Gasteiger partial charge is 0.205 e. The topological polar surface area (TPSA) is 87.6 Å². The van der Waals surface area contributed by atoms with Crippen molar-refractivity contribution in [2.24, 2.45) is 0 Å². The van der Waals surface area contributed by atoms with E-state index in [0.717, 1.165) is 40.0 Å². The molecule has 2 bridgehead atoms. The summed E-state index contributed by atoms with van der Waals surface area (Å²) in [6.07, 6.45) is 2.26. The number of aromatic hydroxyl groups is 2. The summed E-state index contributed by atoms with van der Waals surface area (Å²) >= 11 is 1.73. The van der Waals surface area contributed by atoms with Crippen molar-refractivity contribution in [2.45, 2.75) is 42.3 Å². The van der Waals surface area contributed by atoms with Crippen LogP contribution in [0, 0.1) is 11.3 Å². The summed E-state index contributed by atoms with van der Waals surface area (Å²) in [5.74, 6) is 1.64. The molecule has 3 aromatic carbocycles. The number of ether oxygens (including phenoxy) is 2. The van der Waals surface area contributed by atoms with Crippen LogP contribution in [0.1, 0.15) is 42.9 Å². The summed E-state index contributed by atoms with van der Waals surface area (Å²) in [6, 6.07) is 21.3. The van der Waals surface area contributed by atoms with Crippen LogP contribution in [-0.4, -0.2) is 27.6 Å². The van der Waals surface area contributed by atoms with Gasteiger partial charge in [0.1, 0.15) is 11.4 Å². The number of rotatable bonds is 6. The molecular weight excluding hydrogens is 472 g/mol. The van der Waals surface area contributed by atoms with Gasteiger partial charge in [0, 0.05) is 21.4 Å². The molecule has 7 heteroatoms. The van der Waals surface area contributed by atoms with Crippen molar-refractivity contribution in [3.63, 3.8) is 0 Å². The van der Waals surface area contributed by atoms with Crippen LogP contribution < -0.4 is 4.74 Å². The first-order chi connectivity index (χ1) is 17.4. The molecule has 1 fully saturated rings. The maximum absolute atomic E-state index is 11.6. The van der Waals surface area contributed by atoms with Crippen LogP contribution in [0.5, 0.6) is 17.5 Å². The number of nitriles is 1. The third-order valence-corrected chi connectivity index (χ3v) is 8.64. The van der Waals surface area contributed by atoms with Crippen LogP contribution in [0.2, 0.25) is 0 Å². The van der Waals surface area contributed by atoms with Crippen molar-refractivity contribution < 1.29 is 19.7 Å². The fraction of sp³-hybridized carbons (Fsp3) is 0.276. The van der Waals surface area contributed by atoms with Gasteiger partial charge in [0.25, 0.3) is 0 Å². The number of methoxy groups -OCH3 is 1. The number of nitrogens with zero attached hydrogens (tertiary/aromatic N) is 2. The monoisotopic (exact) mass is 498 g/mol. The maximum atomic E-state index is 11.6. The number of aromatic nitrogens is 1. The fourth-order valence-electron chi connectivity index (χ4n) is 5.92. The highest BCUT2D eigenvalue weighted by atomic mass is 32.2. The van der Waals surface area contributed by atoms with Gasteiger partial charge in [-0.3, -0.25) is 4.57 Å². The first kappa shape index (κ1) is 22.8. The van der Waals surface area contributed by atoms with Gasteiger partial charge >= 0.3 is 0 Å². The zero-order valence-corrected chi connectivity index (χ0v) is 20.9. The Morgan fingerprint density at radius 2 is 1.72 bits per heavy atom.